The Morgan fingerprint density at radius 1 is 1.42 bits per heavy atom. The highest BCUT2D eigenvalue weighted by Crippen LogP contribution is 2.31. The van der Waals surface area contributed by atoms with Gasteiger partial charge in [-0.15, -0.1) is 0 Å². The number of pyridine rings is 1. The number of nitrogens with one attached hydrogen (secondary N) is 1. The van der Waals surface area contributed by atoms with Crippen LogP contribution in [-0.2, 0) is 13.5 Å². The average Bonchev–Trinajstić information content (AvgIpc) is 2.83. The van der Waals surface area contributed by atoms with Crippen LogP contribution < -0.4 is 5.32 Å². The van der Waals surface area contributed by atoms with Gasteiger partial charge in [0.1, 0.15) is 0 Å². The highest BCUT2D eigenvalue weighted by atomic mass is 15.3. The molecule has 0 aromatic carbocycles. The Balaban J connectivity index is 1.78. The molecule has 0 spiro atoms. The molecule has 0 fully saturated rings. The van der Waals surface area contributed by atoms with Crippen molar-refractivity contribution in [1.82, 2.24) is 20.1 Å². The van der Waals surface area contributed by atoms with Crippen LogP contribution in [-0.4, -0.2) is 14.8 Å². The van der Waals surface area contributed by atoms with Crippen LogP contribution in [0.15, 0.2) is 30.7 Å². The van der Waals surface area contributed by atoms with Crippen molar-refractivity contribution in [3.63, 3.8) is 0 Å². The van der Waals surface area contributed by atoms with Crippen LogP contribution in [0.25, 0.3) is 0 Å². The van der Waals surface area contributed by atoms with E-state index in [0.717, 1.165) is 6.42 Å². The Bertz CT molecular complexity index is 547. The highest BCUT2D eigenvalue weighted by molar-refractivity contribution is 5.25. The molecule has 0 saturated carbocycles. The van der Waals surface area contributed by atoms with Crippen molar-refractivity contribution < 1.29 is 0 Å². The summed E-state index contributed by atoms with van der Waals surface area (Å²) >= 11 is 0. The number of nitrogens with zero attached hydrogens (tertiary/aromatic N) is 3. The van der Waals surface area contributed by atoms with Gasteiger partial charge >= 0.3 is 0 Å². The van der Waals surface area contributed by atoms with Crippen LogP contribution in [0.5, 0.6) is 0 Å². The molecule has 2 heterocycles. The molecule has 4 heteroatoms. The number of fused-ring (bicyclic) bond motifs is 1. The van der Waals surface area contributed by atoms with Gasteiger partial charge in [-0.3, -0.25) is 9.67 Å². The Labute approximate surface area is 113 Å². The molecule has 1 N–H and O–H groups in total. The van der Waals surface area contributed by atoms with Gasteiger partial charge in [-0.1, -0.05) is 6.07 Å². The van der Waals surface area contributed by atoms with Crippen LogP contribution in [0.1, 0.15) is 48.7 Å². The van der Waals surface area contributed by atoms with Crippen molar-refractivity contribution >= 4 is 0 Å². The van der Waals surface area contributed by atoms with Crippen molar-refractivity contribution in [2.75, 3.05) is 0 Å². The Hall–Kier alpha value is -1.68. The number of hydrogen-bond donors (Lipinski definition) is 1. The number of hydrogen-bond acceptors (Lipinski definition) is 3. The Kier molecular flexibility index (Phi) is 3.34. The van der Waals surface area contributed by atoms with E-state index < -0.39 is 0 Å². The SMILES string of the molecule is CC(NC1CCCc2c1cnn2C)c1cccnc1. The summed E-state index contributed by atoms with van der Waals surface area (Å²) in [6.07, 6.45) is 9.32. The molecule has 2 aromatic rings. The lowest BCUT2D eigenvalue weighted by atomic mass is 9.92. The average molecular weight is 256 g/mol. The van der Waals surface area contributed by atoms with Crippen molar-refractivity contribution in [1.29, 1.82) is 0 Å². The minimum atomic E-state index is 0.310. The van der Waals surface area contributed by atoms with Gasteiger partial charge in [0.05, 0.1) is 6.20 Å². The summed E-state index contributed by atoms with van der Waals surface area (Å²) in [7, 11) is 2.03. The van der Waals surface area contributed by atoms with Gasteiger partial charge < -0.3 is 5.32 Å². The zero-order valence-electron chi connectivity index (χ0n) is 11.5. The monoisotopic (exact) mass is 256 g/mol. The lowest BCUT2D eigenvalue weighted by Gasteiger charge is -2.27. The molecule has 0 saturated heterocycles. The molecule has 19 heavy (non-hydrogen) atoms. The maximum Gasteiger partial charge on any atom is 0.0540 e. The second-order valence-corrected chi connectivity index (χ2v) is 5.29. The normalized spacial score (nSPS) is 20.0. The van der Waals surface area contributed by atoms with E-state index in [1.165, 1.54) is 29.7 Å². The van der Waals surface area contributed by atoms with E-state index in [-0.39, 0.29) is 0 Å². The number of aromatic nitrogens is 3. The van der Waals surface area contributed by atoms with Crippen LogP contribution in [0, 0.1) is 0 Å². The predicted molar refractivity (Wildman–Crippen MR) is 74.7 cm³/mol. The van der Waals surface area contributed by atoms with Crippen LogP contribution >= 0.6 is 0 Å². The van der Waals surface area contributed by atoms with Gasteiger partial charge in [-0.25, -0.2) is 0 Å². The predicted octanol–water partition coefficient (Wildman–Crippen LogP) is 2.54. The molecule has 1 aliphatic rings. The molecular weight excluding hydrogens is 236 g/mol. The van der Waals surface area contributed by atoms with E-state index in [1.54, 1.807) is 0 Å². The molecule has 2 atom stereocenters. The molecular formula is C15H20N4. The molecule has 0 amide bonds. The van der Waals surface area contributed by atoms with Crippen molar-refractivity contribution in [3.8, 4) is 0 Å². The first-order chi connectivity index (χ1) is 9.25. The molecule has 2 unspecified atom stereocenters. The highest BCUT2D eigenvalue weighted by Gasteiger charge is 2.24. The maximum atomic E-state index is 4.39. The zero-order chi connectivity index (χ0) is 13.2. The molecule has 100 valence electrons. The Morgan fingerprint density at radius 2 is 2.32 bits per heavy atom. The second-order valence-electron chi connectivity index (χ2n) is 5.29. The minimum absolute atomic E-state index is 0.310. The molecule has 0 aliphatic heterocycles. The van der Waals surface area contributed by atoms with E-state index in [0.29, 0.717) is 12.1 Å². The van der Waals surface area contributed by atoms with Gasteiger partial charge in [-0.2, -0.15) is 5.10 Å². The van der Waals surface area contributed by atoms with E-state index in [4.69, 9.17) is 0 Å². The third-order valence-corrected chi connectivity index (χ3v) is 4.01. The standard InChI is InChI=1S/C15H20N4/c1-11(12-5-4-8-16-9-12)18-14-6-3-7-15-13(14)10-17-19(15)2/h4-5,8-11,14,18H,3,6-7H2,1-2H3. The fraction of sp³-hybridized carbons (Fsp3) is 0.467. The topological polar surface area (TPSA) is 42.7 Å². The summed E-state index contributed by atoms with van der Waals surface area (Å²) in [6.45, 7) is 2.20. The fourth-order valence-electron chi connectivity index (χ4n) is 2.91. The van der Waals surface area contributed by atoms with Crippen molar-refractivity contribution in [3.05, 3.63) is 47.5 Å². The number of rotatable bonds is 3. The maximum absolute atomic E-state index is 4.39. The van der Waals surface area contributed by atoms with Gasteiger partial charge in [-0.05, 0) is 37.8 Å². The van der Waals surface area contributed by atoms with Crippen molar-refractivity contribution in [2.45, 2.75) is 38.3 Å². The summed E-state index contributed by atoms with van der Waals surface area (Å²) in [5.74, 6) is 0. The first-order valence-corrected chi connectivity index (χ1v) is 6.92. The van der Waals surface area contributed by atoms with E-state index >= 15 is 0 Å². The smallest absolute Gasteiger partial charge is 0.0540 e. The van der Waals surface area contributed by atoms with Crippen LogP contribution in [0.2, 0.25) is 0 Å². The molecule has 0 bridgehead atoms. The zero-order valence-corrected chi connectivity index (χ0v) is 11.5. The third-order valence-electron chi connectivity index (χ3n) is 4.01. The second kappa shape index (κ2) is 5.13. The van der Waals surface area contributed by atoms with E-state index in [2.05, 4.69) is 28.4 Å². The summed E-state index contributed by atoms with van der Waals surface area (Å²) in [5.41, 5.74) is 3.98. The van der Waals surface area contributed by atoms with Crippen LogP contribution in [0.4, 0.5) is 0 Å². The van der Waals surface area contributed by atoms with Gasteiger partial charge in [0.25, 0.3) is 0 Å². The van der Waals surface area contributed by atoms with E-state index in [1.807, 2.05) is 36.4 Å². The molecule has 1 aliphatic carbocycles. The fourth-order valence-corrected chi connectivity index (χ4v) is 2.91. The summed E-state index contributed by atoms with van der Waals surface area (Å²) < 4.78 is 2.01. The molecule has 4 nitrogen and oxygen atoms in total. The molecule has 2 aromatic heterocycles. The quantitative estimate of drug-likeness (QED) is 0.917. The van der Waals surface area contributed by atoms with Crippen molar-refractivity contribution in [2.24, 2.45) is 7.05 Å². The number of aryl methyl sites for hydroxylation is 1. The summed E-state index contributed by atoms with van der Waals surface area (Å²) in [4.78, 5) is 4.19. The first kappa shape index (κ1) is 12.4. The van der Waals surface area contributed by atoms with Gasteiger partial charge in [0, 0.05) is 42.8 Å². The van der Waals surface area contributed by atoms with E-state index in [9.17, 15) is 0 Å². The van der Waals surface area contributed by atoms with Gasteiger partial charge in [0.2, 0.25) is 0 Å². The first-order valence-electron chi connectivity index (χ1n) is 6.92. The van der Waals surface area contributed by atoms with Crippen LogP contribution in [0.3, 0.4) is 0 Å². The summed E-state index contributed by atoms with van der Waals surface area (Å²) in [6, 6.07) is 4.83. The third kappa shape index (κ3) is 2.40. The Morgan fingerprint density at radius 3 is 3.11 bits per heavy atom. The largest absolute Gasteiger partial charge is 0.303 e. The van der Waals surface area contributed by atoms with Gasteiger partial charge in [0.15, 0.2) is 0 Å². The summed E-state index contributed by atoms with van der Waals surface area (Å²) in [5, 5.41) is 8.10. The lowest BCUT2D eigenvalue weighted by Crippen LogP contribution is -2.27. The lowest BCUT2D eigenvalue weighted by molar-refractivity contribution is 0.410. The minimum Gasteiger partial charge on any atom is -0.303 e. The molecule has 0 radical (unpaired) electrons. The molecule has 3 rings (SSSR count).